The number of para-hydroxylation sites is 1. The first-order valence-corrected chi connectivity index (χ1v) is 8.70. The summed E-state index contributed by atoms with van der Waals surface area (Å²) < 4.78 is 10.3. The SMILES string of the molecule is CCOC(=O)N1CCN(C(=O)[C@@H]2CC(c3ccccc3OC)=NO2)CC1. The van der Waals surface area contributed by atoms with Gasteiger partial charge in [-0.15, -0.1) is 0 Å². The Bertz CT molecular complexity index is 698. The molecule has 0 radical (unpaired) electrons. The van der Waals surface area contributed by atoms with Crippen LogP contribution in [0.2, 0.25) is 0 Å². The van der Waals surface area contributed by atoms with E-state index in [1.54, 1.807) is 23.8 Å². The molecule has 1 fully saturated rings. The smallest absolute Gasteiger partial charge is 0.409 e. The zero-order chi connectivity index (χ0) is 18.5. The van der Waals surface area contributed by atoms with Gasteiger partial charge in [-0.1, -0.05) is 17.3 Å². The van der Waals surface area contributed by atoms with E-state index in [9.17, 15) is 9.59 Å². The molecule has 1 atom stereocenters. The van der Waals surface area contributed by atoms with Crippen LogP contribution in [-0.4, -0.2) is 73.5 Å². The molecule has 0 aliphatic carbocycles. The zero-order valence-electron chi connectivity index (χ0n) is 15.0. The molecule has 1 aromatic rings. The highest BCUT2D eigenvalue weighted by Crippen LogP contribution is 2.25. The van der Waals surface area contributed by atoms with Crippen molar-refractivity contribution in [2.45, 2.75) is 19.4 Å². The highest BCUT2D eigenvalue weighted by atomic mass is 16.6. The molecule has 26 heavy (non-hydrogen) atoms. The maximum atomic E-state index is 12.7. The Kier molecular flexibility index (Phi) is 5.60. The van der Waals surface area contributed by atoms with Crippen LogP contribution in [0.5, 0.6) is 5.75 Å². The standard InChI is InChI=1S/C18H23N3O5/c1-3-25-18(23)21-10-8-20(9-11-21)17(22)16-12-14(19-26-16)13-6-4-5-7-15(13)24-2/h4-7,16H,3,8-12H2,1-2H3/t16-/m0/s1. The lowest BCUT2D eigenvalue weighted by Crippen LogP contribution is -2.53. The summed E-state index contributed by atoms with van der Waals surface area (Å²) >= 11 is 0. The minimum absolute atomic E-state index is 0.109. The van der Waals surface area contributed by atoms with E-state index < -0.39 is 6.10 Å². The van der Waals surface area contributed by atoms with Crippen molar-refractivity contribution < 1.29 is 23.9 Å². The molecule has 0 saturated carbocycles. The van der Waals surface area contributed by atoms with Crippen LogP contribution >= 0.6 is 0 Å². The molecule has 2 heterocycles. The predicted molar refractivity (Wildman–Crippen MR) is 94.2 cm³/mol. The van der Waals surface area contributed by atoms with E-state index in [0.29, 0.717) is 50.7 Å². The number of carbonyl (C=O) groups is 2. The Morgan fingerprint density at radius 3 is 2.58 bits per heavy atom. The summed E-state index contributed by atoms with van der Waals surface area (Å²) in [6, 6.07) is 7.52. The normalized spacial score (nSPS) is 19.6. The third-order valence-corrected chi connectivity index (χ3v) is 4.48. The number of piperazine rings is 1. The highest BCUT2D eigenvalue weighted by molar-refractivity contribution is 6.05. The van der Waals surface area contributed by atoms with Crippen LogP contribution in [0, 0.1) is 0 Å². The van der Waals surface area contributed by atoms with E-state index in [0.717, 1.165) is 5.56 Å². The van der Waals surface area contributed by atoms with Gasteiger partial charge in [0.25, 0.3) is 5.91 Å². The van der Waals surface area contributed by atoms with Crippen LogP contribution < -0.4 is 4.74 Å². The molecule has 8 nitrogen and oxygen atoms in total. The Morgan fingerprint density at radius 1 is 1.19 bits per heavy atom. The number of benzene rings is 1. The number of oxime groups is 1. The molecule has 0 aromatic heterocycles. The quantitative estimate of drug-likeness (QED) is 0.812. The van der Waals surface area contributed by atoms with E-state index in [-0.39, 0.29) is 12.0 Å². The van der Waals surface area contributed by atoms with Gasteiger partial charge in [-0.05, 0) is 19.1 Å². The van der Waals surface area contributed by atoms with Gasteiger partial charge in [0, 0.05) is 38.2 Å². The van der Waals surface area contributed by atoms with Gasteiger partial charge in [0.05, 0.1) is 19.4 Å². The summed E-state index contributed by atoms with van der Waals surface area (Å²) in [4.78, 5) is 33.1. The fraction of sp³-hybridized carbons (Fsp3) is 0.500. The van der Waals surface area contributed by atoms with Crippen molar-refractivity contribution in [3.05, 3.63) is 29.8 Å². The fourth-order valence-electron chi connectivity index (χ4n) is 3.08. The average molecular weight is 361 g/mol. The van der Waals surface area contributed by atoms with Crippen LogP contribution in [0.3, 0.4) is 0 Å². The van der Waals surface area contributed by atoms with Crippen LogP contribution in [-0.2, 0) is 14.4 Å². The van der Waals surface area contributed by atoms with E-state index in [4.69, 9.17) is 14.3 Å². The second-order valence-corrected chi connectivity index (χ2v) is 6.05. The molecule has 8 heteroatoms. The lowest BCUT2D eigenvalue weighted by Gasteiger charge is -2.34. The Hall–Kier alpha value is -2.77. The maximum Gasteiger partial charge on any atom is 0.409 e. The lowest BCUT2D eigenvalue weighted by atomic mass is 10.0. The second-order valence-electron chi connectivity index (χ2n) is 6.05. The van der Waals surface area contributed by atoms with Crippen molar-refractivity contribution in [2.75, 3.05) is 39.9 Å². The largest absolute Gasteiger partial charge is 0.496 e. The number of hydrogen-bond acceptors (Lipinski definition) is 6. The highest BCUT2D eigenvalue weighted by Gasteiger charge is 2.35. The molecule has 140 valence electrons. The zero-order valence-corrected chi connectivity index (χ0v) is 15.0. The molecule has 0 bridgehead atoms. The maximum absolute atomic E-state index is 12.7. The van der Waals surface area contributed by atoms with Gasteiger partial charge in [-0.25, -0.2) is 4.79 Å². The van der Waals surface area contributed by atoms with Crippen molar-refractivity contribution in [1.29, 1.82) is 0 Å². The van der Waals surface area contributed by atoms with Crippen LogP contribution in [0.1, 0.15) is 18.9 Å². The van der Waals surface area contributed by atoms with Crippen LogP contribution in [0.25, 0.3) is 0 Å². The van der Waals surface area contributed by atoms with Gasteiger partial charge in [0.1, 0.15) is 5.75 Å². The summed E-state index contributed by atoms with van der Waals surface area (Å²) in [5.74, 6) is 0.591. The molecule has 1 saturated heterocycles. The number of amides is 2. The predicted octanol–water partition coefficient (Wildman–Crippen LogP) is 1.49. The average Bonchev–Trinajstić information content (AvgIpc) is 3.17. The number of hydrogen-bond donors (Lipinski definition) is 0. The van der Waals surface area contributed by atoms with Crippen molar-refractivity contribution in [1.82, 2.24) is 9.80 Å². The summed E-state index contributed by atoms with van der Waals surface area (Å²) in [5, 5.41) is 4.08. The third kappa shape index (κ3) is 3.74. The molecular weight excluding hydrogens is 338 g/mol. The first-order valence-electron chi connectivity index (χ1n) is 8.70. The van der Waals surface area contributed by atoms with Gasteiger partial charge >= 0.3 is 6.09 Å². The molecule has 0 N–H and O–H groups in total. The summed E-state index contributed by atoms with van der Waals surface area (Å²) in [6.45, 7) is 3.95. The van der Waals surface area contributed by atoms with E-state index >= 15 is 0 Å². The molecule has 3 rings (SSSR count). The van der Waals surface area contributed by atoms with Gasteiger partial charge in [0.15, 0.2) is 0 Å². The summed E-state index contributed by atoms with van der Waals surface area (Å²) in [6.07, 6.45) is -0.570. The molecule has 0 spiro atoms. The topological polar surface area (TPSA) is 80.7 Å². The molecular formula is C18H23N3O5. The van der Waals surface area contributed by atoms with E-state index in [1.165, 1.54) is 0 Å². The van der Waals surface area contributed by atoms with E-state index in [2.05, 4.69) is 5.16 Å². The van der Waals surface area contributed by atoms with Crippen molar-refractivity contribution >= 4 is 17.7 Å². The number of methoxy groups -OCH3 is 1. The van der Waals surface area contributed by atoms with E-state index in [1.807, 2.05) is 24.3 Å². The molecule has 0 unspecified atom stereocenters. The molecule has 2 amide bonds. The van der Waals surface area contributed by atoms with Gasteiger partial charge in [-0.2, -0.15) is 0 Å². The molecule has 2 aliphatic heterocycles. The fourth-order valence-corrected chi connectivity index (χ4v) is 3.08. The van der Waals surface area contributed by atoms with Crippen LogP contribution in [0.4, 0.5) is 4.79 Å². The Labute approximate surface area is 152 Å². The number of carbonyl (C=O) groups excluding carboxylic acids is 2. The number of nitrogens with zero attached hydrogens (tertiary/aromatic N) is 3. The van der Waals surface area contributed by atoms with Gasteiger partial charge in [-0.3, -0.25) is 4.79 Å². The monoisotopic (exact) mass is 361 g/mol. The minimum atomic E-state index is -0.635. The first kappa shape index (κ1) is 18.0. The molecule has 1 aromatic carbocycles. The third-order valence-electron chi connectivity index (χ3n) is 4.48. The first-order chi connectivity index (χ1) is 12.6. The molecule has 2 aliphatic rings. The summed E-state index contributed by atoms with van der Waals surface area (Å²) in [7, 11) is 1.60. The van der Waals surface area contributed by atoms with Gasteiger partial charge < -0.3 is 24.1 Å². The van der Waals surface area contributed by atoms with Crippen molar-refractivity contribution in [3.8, 4) is 5.75 Å². The van der Waals surface area contributed by atoms with Crippen molar-refractivity contribution in [3.63, 3.8) is 0 Å². The Morgan fingerprint density at radius 2 is 1.88 bits per heavy atom. The number of ether oxygens (including phenoxy) is 2. The van der Waals surface area contributed by atoms with Gasteiger partial charge in [0.2, 0.25) is 6.10 Å². The minimum Gasteiger partial charge on any atom is -0.496 e. The second kappa shape index (κ2) is 8.07. The Balaban J connectivity index is 1.56. The summed E-state index contributed by atoms with van der Waals surface area (Å²) in [5.41, 5.74) is 1.53. The lowest BCUT2D eigenvalue weighted by molar-refractivity contribution is -0.143. The van der Waals surface area contributed by atoms with Crippen LogP contribution in [0.15, 0.2) is 29.4 Å². The van der Waals surface area contributed by atoms with Crippen molar-refractivity contribution in [2.24, 2.45) is 5.16 Å². The number of rotatable bonds is 4.